The van der Waals surface area contributed by atoms with Crippen LogP contribution in [0.25, 0.3) is 77.6 Å². The molecule has 0 aliphatic rings. The van der Waals surface area contributed by atoms with Crippen LogP contribution in [-0.4, -0.2) is 0 Å². The second-order valence-corrected chi connectivity index (χ2v) is 11.6. The van der Waals surface area contributed by atoms with E-state index in [1.54, 1.807) is 0 Å². The first-order chi connectivity index (χ1) is 23.2. The highest BCUT2D eigenvalue weighted by atomic mass is 16.3. The maximum atomic E-state index is 9.40. The fourth-order valence-corrected chi connectivity index (χ4v) is 6.39. The first kappa shape index (κ1) is 27.8. The van der Waals surface area contributed by atoms with E-state index in [1.807, 2.05) is 66.7 Å². The topological polar surface area (TPSA) is 60.7 Å². The van der Waals surface area contributed by atoms with Crippen LogP contribution in [0, 0.1) is 22.7 Å². The number of nitriles is 2. The standard InChI is InChI=1S/C44H26N2O/c45-27-29-14-18-32(19-15-29)35-22-36(33-20-16-30(28-46)17-21-33)24-38(23-35)39-12-7-13-42-43(39)41-26-37(31-8-3-1-4-9-31)25-40(44(41)47-42)34-10-5-2-6-11-34/h1-26H. The minimum atomic E-state index is 0.621. The van der Waals surface area contributed by atoms with Crippen LogP contribution in [0.2, 0.25) is 0 Å². The maximum Gasteiger partial charge on any atom is 0.143 e. The number of hydrogen-bond donors (Lipinski definition) is 0. The minimum absolute atomic E-state index is 0.621. The normalized spacial score (nSPS) is 10.9. The van der Waals surface area contributed by atoms with Gasteiger partial charge in [-0.1, -0.05) is 97.1 Å². The summed E-state index contributed by atoms with van der Waals surface area (Å²) >= 11 is 0. The Kier molecular flexibility index (Phi) is 6.92. The molecule has 0 bridgehead atoms. The monoisotopic (exact) mass is 598 g/mol. The molecule has 7 aromatic carbocycles. The molecule has 0 saturated heterocycles. The molecule has 0 atom stereocenters. The second kappa shape index (κ2) is 11.7. The summed E-state index contributed by atoms with van der Waals surface area (Å²) < 4.78 is 6.71. The molecule has 1 heterocycles. The van der Waals surface area contributed by atoms with Gasteiger partial charge in [0.1, 0.15) is 11.2 Å². The van der Waals surface area contributed by atoms with E-state index in [4.69, 9.17) is 4.42 Å². The van der Waals surface area contributed by atoms with Crippen LogP contribution in [0.3, 0.4) is 0 Å². The molecule has 47 heavy (non-hydrogen) atoms. The third kappa shape index (κ3) is 5.13. The lowest BCUT2D eigenvalue weighted by molar-refractivity contribution is 0.670. The van der Waals surface area contributed by atoms with Gasteiger partial charge < -0.3 is 4.42 Å². The molecule has 0 N–H and O–H groups in total. The van der Waals surface area contributed by atoms with Gasteiger partial charge in [0.15, 0.2) is 0 Å². The van der Waals surface area contributed by atoms with Gasteiger partial charge in [0.2, 0.25) is 0 Å². The van der Waals surface area contributed by atoms with Crippen LogP contribution in [0.1, 0.15) is 11.1 Å². The highest BCUT2D eigenvalue weighted by Crippen LogP contribution is 2.44. The average molecular weight is 599 g/mol. The molecule has 0 aliphatic carbocycles. The molecule has 3 nitrogen and oxygen atoms in total. The molecular weight excluding hydrogens is 572 g/mol. The molecule has 3 heteroatoms. The highest BCUT2D eigenvalue weighted by Gasteiger charge is 2.19. The molecule has 8 rings (SSSR count). The lowest BCUT2D eigenvalue weighted by Gasteiger charge is -2.13. The largest absolute Gasteiger partial charge is 0.455 e. The van der Waals surface area contributed by atoms with Crippen molar-refractivity contribution in [3.05, 3.63) is 169 Å². The van der Waals surface area contributed by atoms with Crippen LogP contribution in [0.15, 0.2) is 162 Å². The Hall–Kier alpha value is -6.68. The van der Waals surface area contributed by atoms with E-state index in [-0.39, 0.29) is 0 Å². The number of benzene rings is 7. The van der Waals surface area contributed by atoms with E-state index in [0.29, 0.717) is 11.1 Å². The molecule has 218 valence electrons. The van der Waals surface area contributed by atoms with Crippen LogP contribution in [0.4, 0.5) is 0 Å². The molecule has 0 aliphatic heterocycles. The number of nitrogens with zero attached hydrogens (tertiary/aromatic N) is 2. The van der Waals surface area contributed by atoms with Crippen molar-refractivity contribution in [3.63, 3.8) is 0 Å². The number of hydrogen-bond acceptors (Lipinski definition) is 3. The third-order valence-electron chi connectivity index (χ3n) is 8.73. The molecule has 1 aromatic heterocycles. The van der Waals surface area contributed by atoms with Gasteiger partial charge in [-0.05, 0) is 111 Å². The molecule has 8 aromatic rings. The summed E-state index contributed by atoms with van der Waals surface area (Å²) in [5, 5.41) is 20.9. The average Bonchev–Trinajstić information content (AvgIpc) is 3.54. The van der Waals surface area contributed by atoms with Crippen molar-refractivity contribution in [2.24, 2.45) is 0 Å². The predicted octanol–water partition coefficient (Wildman–Crippen LogP) is 11.7. The number of fused-ring (bicyclic) bond motifs is 3. The zero-order valence-electron chi connectivity index (χ0n) is 25.3. The van der Waals surface area contributed by atoms with E-state index >= 15 is 0 Å². The van der Waals surface area contributed by atoms with Gasteiger partial charge in [0.25, 0.3) is 0 Å². The van der Waals surface area contributed by atoms with Crippen molar-refractivity contribution in [2.75, 3.05) is 0 Å². The van der Waals surface area contributed by atoms with Crippen molar-refractivity contribution >= 4 is 21.9 Å². The zero-order chi connectivity index (χ0) is 31.7. The van der Waals surface area contributed by atoms with Crippen LogP contribution < -0.4 is 0 Å². The summed E-state index contributed by atoms with van der Waals surface area (Å²) in [6.45, 7) is 0. The van der Waals surface area contributed by atoms with E-state index < -0.39 is 0 Å². The Morgan fingerprint density at radius 2 is 0.894 bits per heavy atom. The third-order valence-corrected chi connectivity index (χ3v) is 8.73. The first-order valence-corrected chi connectivity index (χ1v) is 15.5. The van der Waals surface area contributed by atoms with Crippen LogP contribution in [0.5, 0.6) is 0 Å². The molecule has 0 unspecified atom stereocenters. The van der Waals surface area contributed by atoms with Crippen LogP contribution >= 0.6 is 0 Å². The lowest BCUT2D eigenvalue weighted by atomic mass is 9.90. The molecule has 0 amide bonds. The van der Waals surface area contributed by atoms with Gasteiger partial charge >= 0.3 is 0 Å². The molecule has 0 spiro atoms. The summed E-state index contributed by atoms with van der Waals surface area (Å²) in [7, 11) is 0. The van der Waals surface area contributed by atoms with Crippen molar-refractivity contribution in [2.45, 2.75) is 0 Å². The molecular formula is C44H26N2O. The fraction of sp³-hybridized carbons (Fsp3) is 0. The fourth-order valence-electron chi connectivity index (χ4n) is 6.39. The summed E-state index contributed by atoms with van der Waals surface area (Å²) in [6.07, 6.45) is 0. The Bertz CT molecular complexity index is 2420. The Morgan fingerprint density at radius 1 is 0.383 bits per heavy atom. The van der Waals surface area contributed by atoms with Crippen LogP contribution in [-0.2, 0) is 0 Å². The first-order valence-electron chi connectivity index (χ1n) is 15.5. The summed E-state index contributed by atoms with van der Waals surface area (Å²) in [4.78, 5) is 0. The van der Waals surface area contributed by atoms with E-state index in [1.165, 1.54) is 0 Å². The second-order valence-electron chi connectivity index (χ2n) is 11.6. The quantitative estimate of drug-likeness (QED) is 0.198. The van der Waals surface area contributed by atoms with Gasteiger partial charge in [0, 0.05) is 16.3 Å². The molecule has 0 radical (unpaired) electrons. The predicted molar refractivity (Wildman–Crippen MR) is 190 cm³/mol. The van der Waals surface area contributed by atoms with E-state index in [2.05, 4.69) is 103 Å². The number of furan rings is 1. The Morgan fingerprint density at radius 3 is 1.47 bits per heavy atom. The van der Waals surface area contributed by atoms with E-state index in [9.17, 15) is 10.5 Å². The molecule has 0 saturated carbocycles. The van der Waals surface area contributed by atoms with Gasteiger partial charge in [-0.15, -0.1) is 0 Å². The van der Waals surface area contributed by atoms with Gasteiger partial charge in [-0.2, -0.15) is 10.5 Å². The minimum Gasteiger partial charge on any atom is -0.455 e. The summed E-state index contributed by atoms with van der Waals surface area (Å²) in [6, 6.07) is 58.0. The highest BCUT2D eigenvalue weighted by molar-refractivity contribution is 6.17. The van der Waals surface area contributed by atoms with Crippen molar-refractivity contribution in [1.29, 1.82) is 10.5 Å². The van der Waals surface area contributed by atoms with Gasteiger partial charge in [-0.25, -0.2) is 0 Å². The zero-order valence-corrected chi connectivity index (χ0v) is 25.3. The van der Waals surface area contributed by atoms with Gasteiger partial charge in [-0.3, -0.25) is 0 Å². The summed E-state index contributed by atoms with van der Waals surface area (Å²) in [5.41, 5.74) is 13.5. The lowest BCUT2D eigenvalue weighted by Crippen LogP contribution is -1.88. The van der Waals surface area contributed by atoms with E-state index in [0.717, 1.165) is 77.6 Å². The summed E-state index contributed by atoms with van der Waals surface area (Å²) in [5.74, 6) is 0. The van der Waals surface area contributed by atoms with Crippen molar-refractivity contribution in [3.8, 4) is 67.8 Å². The Labute approximate surface area is 272 Å². The smallest absolute Gasteiger partial charge is 0.143 e. The maximum absolute atomic E-state index is 9.40. The SMILES string of the molecule is N#Cc1ccc(-c2cc(-c3ccc(C#N)cc3)cc(-c3cccc4oc5c(-c6ccccc6)cc(-c6ccccc6)cc5c34)c2)cc1. The molecule has 0 fully saturated rings. The van der Waals surface area contributed by atoms with Crippen molar-refractivity contribution < 1.29 is 4.42 Å². The Balaban J connectivity index is 1.41. The number of rotatable bonds is 5. The van der Waals surface area contributed by atoms with Gasteiger partial charge in [0.05, 0.1) is 23.3 Å². The van der Waals surface area contributed by atoms with Crippen molar-refractivity contribution in [1.82, 2.24) is 0 Å².